The summed E-state index contributed by atoms with van der Waals surface area (Å²) in [6.45, 7) is 6.38. The first kappa shape index (κ1) is 14.4. The molecule has 3 rings (SSSR count). The lowest BCUT2D eigenvalue weighted by atomic mass is 9.69. The molecule has 0 aliphatic carbocycles. The molecule has 22 heavy (non-hydrogen) atoms. The predicted octanol–water partition coefficient (Wildman–Crippen LogP) is 3.79. The Labute approximate surface area is 130 Å². The summed E-state index contributed by atoms with van der Waals surface area (Å²) in [5, 5.41) is 2.98. The Morgan fingerprint density at radius 1 is 1.14 bits per heavy atom. The second-order valence-corrected chi connectivity index (χ2v) is 5.35. The van der Waals surface area contributed by atoms with Crippen molar-refractivity contribution in [2.75, 3.05) is 6.54 Å². The van der Waals surface area contributed by atoms with Crippen molar-refractivity contribution in [3.63, 3.8) is 0 Å². The molecule has 0 saturated heterocycles. The quantitative estimate of drug-likeness (QED) is 0.871. The average molecular weight is 293 g/mol. The first-order valence-electron chi connectivity index (χ1n) is 7.50. The van der Waals surface area contributed by atoms with Gasteiger partial charge in [-0.05, 0) is 25.5 Å². The smallest absolute Gasteiger partial charge is 0.235 e. The molecular weight excluding hydrogens is 274 g/mol. The summed E-state index contributed by atoms with van der Waals surface area (Å²) in [4.78, 5) is 13.0. The molecule has 0 unspecified atom stereocenters. The third-order valence-electron chi connectivity index (χ3n) is 4.09. The highest BCUT2D eigenvalue weighted by molar-refractivity contribution is 5.94. The second kappa shape index (κ2) is 5.68. The zero-order chi connectivity index (χ0) is 15.6. The highest BCUT2D eigenvalue weighted by atomic mass is 16.5. The Kier molecular flexibility index (Phi) is 3.72. The molecule has 2 aromatic rings. The number of fused-ring (bicyclic) bond motifs is 2. The highest BCUT2D eigenvalue weighted by Crippen LogP contribution is 2.50. The molecule has 1 N–H and O–H groups in total. The number of rotatable bonds is 4. The predicted molar refractivity (Wildman–Crippen MR) is 87.2 cm³/mol. The number of hydrogen-bond acceptors (Lipinski definition) is 2. The Bertz CT molecular complexity index is 675. The first-order chi connectivity index (χ1) is 10.7. The number of hydrogen-bond donors (Lipinski definition) is 1. The molecular formula is C19H19NO2. The van der Waals surface area contributed by atoms with Crippen LogP contribution in [-0.2, 0) is 10.2 Å². The minimum absolute atomic E-state index is 0.0156. The van der Waals surface area contributed by atoms with Crippen LogP contribution < -0.4 is 10.1 Å². The number of allylic oxidation sites excluding steroid dienone is 1. The van der Waals surface area contributed by atoms with Gasteiger partial charge in [-0.2, -0.15) is 0 Å². The number of likely N-dealkylation sites (N-methyl/N-ethyl adjacent to an activating group) is 1. The van der Waals surface area contributed by atoms with Crippen molar-refractivity contribution < 1.29 is 9.53 Å². The number of benzene rings is 2. The lowest BCUT2D eigenvalue weighted by Gasteiger charge is -2.38. The number of nitrogens with one attached hydrogen (secondary N) is 1. The summed E-state index contributed by atoms with van der Waals surface area (Å²) in [6, 6.07) is 15.4. The number of ether oxygens (including phenoxy) is 1. The summed E-state index contributed by atoms with van der Waals surface area (Å²) in [5.74, 6) is 1.45. The summed E-state index contributed by atoms with van der Waals surface area (Å²) in [7, 11) is 0. The van der Waals surface area contributed by atoms with Crippen molar-refractivity contribution in [2.45, 2.75) is 18.8 Å². The van der Waals surface area contributed by atoms with Crippen LogP contribution in [0.5, 0.6) is 11.5 Å². The molecule has 2 aromatic carbocycles. The van der Waals surface area contributed by atoms with Gasteiger partial charge in [0.1, 0.15) is 16.9 Å². The van der Waals surface area contributed by atoms with E-state index in [-0.39, 0.29) is 5.91 Å². The van der Waals surface area contributed by atoms with Gasteiger partial charge in [-0.25, -0.2) is 0 Å². The van der Waals surface area contributed by atoms with Crippen molar-refractivity contribution in [3.05, 3.63) is 72.3 Å². The van der Waals surface area contributed by atoms with E-state index in [0.717, 1.165) is 22.6 Å². The van der Waals surface area contributed by atoms with Crippen LogP contribution in [0.25, 0.3) is 0 Å². The van der Waals surface area contributed by atoms with Crippen molar-refractivity contribution in [1.29, 1.82) is 0 Å². The van der Waals surface area contributed by atoms with Crippen LogP contribution in [0.2, 0.25) is 0 Å². The standard InChI is InChI=1S/C19H19NO2/c1-3-13-19(18(21)20-4-2)14-9-5-7-11-16(14)22-17-12-8-6-10-15(17)19/h3,5-12H,1,4,13H2,2H3,(H,20,21). The number of amides is 1. The molecule has 0 aromatic heterocycles. The van der Waals surface area contributed by atoms with Gasteiger partial charge in [-0.15, -0.1) is 6.58 Å². The van der Waals surface area contributed by atoms with Crippen LogP contribution in [-0.4, -0.2) is 12.5 Å². The maximum absolute atomic E-state index is 13.0. The molecule has 3 heteroatoms. The van der Waals surface area contributed by atoms with Crippen molar-refractivity contribution in [3.8, 4) is 11.5 Å². The normalized spacial score (nSPS) is 14.2. The van der Waals surface area contributed by atoms with Gasteiger partial charge in [-0.3, -0.25) is 4.79 Å². The number of para-hydroxylation sites is 2. The van der Waals surface area contributed by atoms with Crippen LogP contribution in [0, 0.1) is 0 Å². The fourth-order valence-corrected chi connectivity index (χ4v) is 3.17. The second-order valence-electron chi connectivity index (χ2n) is 5.35. The molecule has 0 bridgehead atoms. The molecule has 3 nitrogen and oxygen atoms in total. The molecule has 0 saturated carbocycles. The minimum atomic E-state index is -0.788. The van der Waals surface area contributed by atoms with Crippen LogP contribution >= 0.6 is 0 Å². The molecule has 1 aliphatic rings. The van der Waals surface area contributed by atoms with Crippen LogP contribution in [0.15, 0.2) is 61.2 Å². The van der Waals surface area contributed by atoms with Gasteiger partial charge in [0.05, 0.1) is 0 Å². The van der Waals surface area contributed by atoms with Gasteiger partial charge >= 0.3 is 0 Å². The zero-order valence-corrected chi connectivity index (χ0v) is 12.6. The monoisotopic (exact) mass is 293 g/mol. The molecule has 112 valence electrons. The molecule has 0 radical (unpaired) electrons. The van der Waals surface area contributed by atoms with Gasteiger partial charge in [0.2, 0.25) is 5.91 Å². The van der Waals surface area contributed by atoms with Crippen molar-refractivity contribution in [2.24, 2.45) is 0 Å². The van der Waals surface area contributed by atoms with Crippen LogP contribution in [0.3, 0.4) is 0 Å². The largest absolute Gasteiger partial charge is 0.457 e. The van der Waals surface area contributed by atoms with E-state index < -0.39 is 5.41 Å². The van der Waals surface area contributed by atoms with E-state index in [1.165, 1.54) is 0 Å². The zero-order valence-electron chi connectivity index (χ0n) is 12.6. The van der Waals surface area contributed by atoms with Gasteiger partial charge in [-0.1, -0.05) is 42.5 Å². The Morgan fingerprint density at radius 3 is 2.18 bits per heavy atom. The van der Waals surface area contributed by atoms with Gasteiger partial charge in [0.25, 0.3) is 0 Å². The molecule has 0 fully saturated rings. The first-order valence-corrected chi connectivity index (χ1v) is 7.50. The molecule has 0 spiro atoms. The summed E-state index contributed by atoms with van der Waals surface area (Å²) < 4.78 is 5.99. The third kappa shape index (κ3) is 2.01. The maximum Gasteiger partial charge on any atom is 0.235 e. The average Bonchev–Trinajstić information content (AvgIpc) is 2.55. The summed E-state index contributed by atoms with van der Waals surface area (Å²) in [5.41, 5.74) is 0.988. The van der Waals surface area contributed by atoms with Gasteiger partial charge in [0, 0.05) is 17.7 Å². The maximum atomic E-state index is 13.0. The summed E-state index contributed by atoms with van der Waals surface area (Å²) in [6.07, 6.45) is 2.32. The Balaban J connectivity index is 2.31. The molecule has 1 heterocycles. The van der Waals surface area contributed by atoms with E-state index in [1.807, 2.05) is 55.5 Å². The van der Waals surface area contributed by atoms with Crippen LogP contribution in [0.4, 0.5) is 0 Å². The molecule has 1 aliphatic heterocycles. The Hall–Kier alpha value is -2.55. The van der Waals surface area contributed by atoms with E-state index in [1.54, 1.807) is 6.08 Å². The summed E-state index contributed by atoms with van der Waals surface area (Å²) >= 11 is 0. The number of carbonyl (C=O) groups excluding carboxylic acids is 1. The fraction of sp³-hybridized carbons (Fsp3) is 0.211. The fourth-order valence-electron chi connectivity index (χ4n) is 3.17. The van der Waals surface area contributed by atoms with Crippen LogP contribution in [0.1, 0.15) is 24.5 Å². The third-order valence-corrected chi connectivity index (χ3v) is 4.09. The lowest BCUT2D eigenvalue weighted by Crippen LogP contribution is -2.46. The molecule has 1 amide bonds. The topological polar surface area (TPSA) is 38.3 Å². The van der Waals surface area contributed by atoms with E-state index in [0.29, 0.717) is 13.0 Å². The van der Waals surface area contributed by atoms with E-state index in [4.69, 9.17) is 4.74 Å². The molecule has 0 atom stereocenters. The van der Waals surface area contributed by atoms with Crippen molar-refractivity contribution in [1.82, 2.24) is 5.32 Å². The Morgan fingerprint density at radius 2 is 1.68 bits per heavy atom. The van der Waals surface area contributed by atoms with E-state index in [9.17, 15) is 4.79 Å². The SMILES string of the molecule is C=CCC1(C(=O)NCC)c2ccccc2Oc2ccccc21. The minimum Gasteiger partial charge on any atom is -0.457 e. The van der Waals surface area contributed by atoms with Gasteiger partial charge in [0.15, 0.2) is 0 Å². The highest BCUT2D eigenvalue weighted by Gasteiger charge is 2.47. The van der Waals surface area contributed by atoms with E-state index in [2.05, 4.69) is 11.9 Å². The van der Waals surface area contributed by atoms with Gasteiger partial charge < -0.3 is 10.1 Å². The van der Waals surface area contributed by atoms with E-state index >= 15 is 0 Å². The van der Waals surface area contributed by atoms with Crippen molar-refractivity contribution >= 4 is 5.91 Å². The number of carbonyl (C=O) groups is 1. The lowest BCUT2D eigenvalue weighted by molar-refractivity contribution is -0.125.